The highest BCUT2D eigenvalue weighted by molar-refractivity contribution is 5.78. The molecule has 0 aromatic heterocycles. The Bertz CT molecular complexity index is 494. The largest absolute Gasteiger partial charge is 0.493 e. The van der Waals surface area contributed by atoms with Crippen LogP contribution < -0.4 is 14.8 Å². The highest BCUT2D eigenvalue weighted by Gasteiger charge is 2.09. The fraction of sp³-hybridized carbons (Fsp3) is 0.400. The maximum absolute atomic E-state index is 11.5. The van der Waals surface area contributed by atoms with E-state index in [1.54, 1.807) is 14.2 Å². The lowest BCUT2D eigenvalue weighted by Crippen LogP contribution is -2.34. The van der Waals surface area contributed by atoms with Gasteiger partial charge in [-0.2, -0.15) is 0 Å². The first-order valence-corrected chi connectivity index (χ1v) is 6.20. The molecule has 1 aromatic rings. The van der Waals surface area contributed by atoms with Crippen LogP contribution in [0.15, 0.2) is 18.2 Å². The number of amides is 1. The molecule has 1 amide bonds. The molecule has 0 aliphatic carbocycles. The van der Waals surface area contributed by atoms with Crippen molar-refractivity contribution in [3.05, 3.63) is 23.8 Å². The molecule has 0 bridgehead atoms. The monoisotopic (exact) mass is 276 g/mol. The third-order valence-electron chi connectivity index (χ3n) is 2.70. The normalized spacial score (nSPS) is 9.95. The lowest BCUT2D eigenvalue weighted by Gasteiger charge is -2.17. The zero-order valence-corrected chi connectivity index (χ0v) is 12.1. The van der Waals surface area contributed by atoms with E-state index in [4.69, 9.17) is 15.9 Å². The van der Waals surface area contributed by atoms with Gasteiger partial charge in [-0.15, -0.1) is 6.42 Å². The van der Waals surface area contributed by atoms with E-state index in [2.05, 4.69) is 11.2 Å². The molecule has 1 N–H and O–H groups in total. The van der Waals surface area contributed by atoms with Gasteiger partial charge in [-0.1, -0.05) is 12.0 Å². The highest BCUT2D eigenvalue weighted by Crippen LogP contribution is 2.27. The molecule has 1 rings (SSSR count). The number of carbonyl (C=O) groups excluding carboxylic acids is 1. The van der Waals surface area contributed by atoms with Gasteiger partial charge in [0.05, 0.1) is 27.3 Å². The summed E-state index contributed by atoms with van der Waals surface area (Å²) < 4.78 is 10.4. The van der Waals surface area contributed by atoms with Crippen molar-refractivity contribution < 1.29 is 14.3 Å². The first-order chi connectivity index (χ1) is 9.60. The van der Waals surface area contributed by atoms with Crippen molar-refractivity contribution in [3.8, 4) is 23.8 Å². The van der Waals surface area contributed by atoms with Gasteiger partial charge < -0.3 is 14.8 Å². The van der Waals surface area contributed by atoms with Crippen LogP contribution in [0.4, 0.5) is 0 Å². The van der Waals surface area contributed by atoms with Crippen LogP contribution in [0.3, 0.4) is 0 Å². The summed E-state index contributed by atoms with van der Waals surface area (Å²) in [6, 6.07) is 5.69. The topological polar surface area (TPSA) is 50.8 Å². The number of nitrogens with one attached hydrogen (secondary N) is 1. The molecule has 0 aliphatic heterocycles. The molecular weight excluding hydrogens is 256 g/mol. The van der Waals surface area contributed by atoms with Gasteiger partial charge in [-0.25, -0.2) is 0 Å². The van der Waals surface area contributed by atoms with Crippen LogP contribution in [0.1, 0.15) is 5.56 Å². The molecule has 0 aliphatic rings. The number of terminal acetylenes is 1. The summed E-state index contributed by atoms with van der Waals surface area (Å²) >= 11 is 0. The number of methoxy groups -OCH3 is 2. The van der Waals surface area contributed by atoms with E-state index in [1.807, 2.05) is 30.1 Å². The van der Waals surface area contributed by atoms with Crippen LogP contribution in [0.5, 0.6) is 11.5 Å². The molecule has 20 heavy (non-hydrogen) atoms. The second kappa shape index (κ2) is 8.08. The van der Waals surface area contributed by atoms with Crippen LogP contribution in [0.25, 0.3) is 0 Å². The average molecular weight is 276 g/mol. The summed E-state index contributed by atoms with van der Waals surface area (Å²) in [6.07, 6.45) is 5.09. The standard InChI is InChI=1S/C15H20N2O3/c1-5-8-16-15(18)11-17(2)10-12-6-7-13(19-3)14(9-12)20-4/h1,6-7,9H,8,10-11H2,2-4H3,(H,16,18). The number of hydrogen-bond acceptors (Lipinski definition) is 4. The lowest BCUT2D eigenvalue weighted by molar-refractivity contribution is -0.121. The average Bonchev–Trinajstić information content (AvgIpc) is 2.44. The number of hydrogen-bond donors (Lipinski definition) is 1. The number of benzene rings is 1. The summed E-state index contributed by atoms with van der Waals surface area (Å²) in [6.45, 7) is 1.17. The summed E-state index contributed by atoms with van der Waals surface area (Å²) in [5.41, 5.74) is 1.04. The first kappa shape index (κ1) is 15.9. The van der Waals surface area contributed by atoms with Crippen molar-refractivity contribution in [1.82, 2.24) is 10.2 Å². The first-order valence-electron chi connectivity index (χ1n) is 6.20. The smallest absolute Gasteiger partial charge is 0.234 e. The zero-order valence-electron chi connectivity index (χ0n) is 12.1. The maximum atomic E-state index is 11.5. The molecule has 108 valence electrons. The predicted molar refractivity (Wildman–Crippen MR) is 77.7 cm³/mol. The minimum absolute atomic E-state index is 0.0917. The molecule has 0 fully saturated rings. The van der Waals surface area contributed by atoms with Crippen molar-refractivity contribution >= 4 is 5.91 Å². The third kappa shape index (κ3) is 4.82. The Morgan fingerprint density at radius 2 is 2.05 bits per heavy atom. The van der Waals surface area contributed by atoms with Gasteiger partial charge >= 0.3 is 0 Å². The van der Waals surface area contributed by atoms with Crippen LogP contribution in [0, 0.1) is 12.3 Å². The molecule has 0 saturated carbocycles. The van der Waals surface area contributed by atoms with Gasteiger partial charge in [-0.05, 0) is 24.7 Å². The van der Waals surface area contributed by atoms with E-state index in [0.717, 1.165) is 5.56 Å². The Hall–Kier alpha value is -2.19. The highest BCUT2D eigenvalue weighted by atomic mass is 16.5. The minimum atomic E-state index is -0.0917. The number of ether oxygens (including phenoxy) is 2. The summed E-state index contributed by atoms with van der Waals surface area (Å²) in [5.74, 6) is 3.64. The molecular formula is C15H20N2O3. The summed E-state index contributed by atoms with van der Waals surface area (Å²) in [4.78, 5) is 13.4. The summed E-state index contributed by atoms with van der Waals surface area (Å²) in [5, 5.41) is 2.63. The molecule has 0 heterocycles. The second-order valence-electron chi connectivity index (χ2n) is 4.34. The molecule has 0 spiro atoms. The van der Waals surface area contributed by atoms with Gasteiger partial charge in [-0.3, -0.25) is 9.69 Å². The summed E-state index contributed by atoms with van der Waals surface area (Å²) in [7, 11) is 5.06. The van der Waals surface area contributed by atoms with E-state index in [0.29, 0.717) is 18.0 Å². The Morgan fingerprint density at radius 3 is 2.65 bits per heavy atom. The Labute approximate surface area is 119 Å². The van der Waals surface area contributed by atoms with Crippen molar-refractivity contribution in [2.24, 2.45) is 0 Å². The second-order valence-corrected chi connectivity index (χ2v) is 4.34. The Kier molecular flexibility index (Phi) is 6.41. The minimum Gasteiger partial charge on any atom is -0.493 e. The molecule has 0 radical (unpaired) electrons. The van der Waals surface area contributed by atoms with E-state index >= 15 is 0 Å². The molecule has 1 aromatic carbocycles. The number of carbonyl (C=O) groups is 1. The number of rotatable bonds is 7. The molecule has 0 atom stereocenters. The van der Waals surface area contributed by atoms with E-state index in [-0.39, 0.29) is 19.0 Å². The van der Waals surface area contributed by atoms with E-state index in [1.165, 1.54) is 0 Å². The van der Waals surface area contributed by atoms with E-state index in [9.17, 15) is 4.79 Å². The van der Waals surface area contributed by atoms with Crippen molar-refractivity contribution in [1.29, 1.82) is 0 Å². The SMILES string of the molecule is C#CCNC(=O)CN(C)Cc1ccc(OC)c(OC)c1. The molecule has 0 saturated heterocycles. The number of nitrogens with zero attached hydrogens (tertiary/aromatic N) is 1. The van der Waals surface area contributed by atoms with Crippen molar-refractivity contribution in [3.63, 3.8) is 0 Å². The van der Waals surface area contributed by atoms with Crippen LogP contribution in [-0.4, -0.2) is 45.2 Å². The van der Waals surface area contributed by atoms with Crippen LogP contribution >= 0.6 is 0 Å². The molecule has 5 nitrogen and oxygen atoms in total. The Balaban J connectivity index is 2.60. The van der Waals surface area contributed by atoms with Gasteiger partial charge in [0.25, 0.3) is 0 Å². The van der Waals surface area contributed by atoms with Gasteiger partial charge in [0.15, 0.2) is 11.5 Å². The third-order valence-corrected chi connectivity index (χ3v) is 2.70. The van der Waals surface area contributed by atoms with Gasteiger partial charge in [0, 0.05) is 6.54 Å². The van der Waals surface area contributed by atoms with Crippen molar-refractivity contribution in [2.45, 2.75) is 6.54 Å². The predicted octanol–water partition coefficient (Wildman–Crippen LogP) is 0.885. The van der Waals surface area contributed by atoms with Crippen molar-refractivity contribution in [2.75, 3.05) is 34.4 Å². The fourth-order valence-electron chi connectivity index (χ4n) is 1.80. The van der Waals surface area contributed by atoms with Gasteiger partial charge in [0.1, 0.15) is 0 Å². The fourth-order valence-corrected chi connectivity index (χ4v) is 1.80. The van der Waals surface area contributed by atoms with E-state index < -0.39 is 0 Å². The molecule has 5 heteroatoms. The zero-order chi connectivity index (χ0) is 15.0. The number of likely N-dealkylation sites (N-methyl/N-ethyl adjacent to an activating group) is 1. The van der Waals surface area contributed by atoms with Crippen LogP contribution in [-0.2, 0) is 11.3 Å². The van der Waals surface area contributed by atoms with Crippen LogP contribution in [0.2, 0.25) is 0 Å². The quantitative estimate of drug-likeness (QED) is 0.751. The Morgan fingerprint density at radius 1 is 1.35 bits per heavy atom. The maximum Gasteiger partial charge on any atom is 0.234 e. The van der Waals surface area contributed by atoms with Gasteiger partial charge in [0.2, 0.25) is 5.91 Å². The molecule has 0 unspecified atom stereocenters. The lowest BCUT2D eigenvalue weighted by atomic mass is 10.2.